The van der Waals surface area contributed by atoms with Gasteiger partial charge in [0.25, 0.3) is 0 Å². The van der Waals surface area contributed by atoms with Crippen LogP contribution in [0, 0.1) is 0 Å². The van der Waals surface area contributed by atoms with Gasteiger partial charge in [-0.2, -0.15) is 0 Å². The summed E-state index contributed by atoms with van der Waals surface area (Å²) in [5, 5.41) is 3.44. The van der Waals surface area contributed by atoms with E-state index in [2.05, 4.69) is 32.8 Å². The summed E-state index contributed by atoms with van der Waals surface area (Å²) in [5.41, 5.74) is 0. The molecule has 0 rings (SSSR count). The third-order valence-corrected chi connectivity index (χ3v) is 6.45. The molecular weight excluding hydrogens is 455 g/mol. The average molecular weight is 467 g/mol. The second kappa shape index (κ2) is 10.2. The number of hydrogen-bond acceptors (Lipinski definition) is 1. The first-order valence-electron chi connectivity index (χ1n) is 2.65. The van der Waals surface area contributed by atoms with Crippen molar-refractivity contribution < 1.29 is 42.4 Å². The Morgan fingerprint density at radius 1 is 1.56 bits per heavy atom. The molecule has 9 heavy (non-hydrogen) atoms. The van der Waals surface area contributed by atoms with Crippen molar-refractivity contribution in [2.24, 2.45) is 0 Å². The fourth-order valence-electron chi connectivity index (χ4n) is 0.345. The molecule has 0 amide bonds. The SMILES string of the molecule is C[I-]CNCC[I-]CI. The molecule has 0 fully saturated rings. The summed E-state index contributed by atoms with van der Waals surface area (Å²) < 4.78 is 4.19. The topological polar surface area (TPSA) is 12.0 Å². The Bertz CT molecular complexity index is 45.5. The van der Waals surface area contributed by atoms with Crippen molar-refractivity contribution in [3.8, 4) is 0 Å². The van der Waals surface area contributed by atoms with E-state index in [0.29, 0.717) is 42.4 Å². The van der Waals surface area contributed by atoms with E-state index in [9.17, 15) is 0 Å². The number of alkyl halides is 5. The van der Waals surface area contributed by atoms with Crippen LogP contribution >= 0.6 is 22.6 Å². The summed E-state index contributed by atoms with van der Waals surface area (Å²) in [4.78, 5) is 2.32. The van der Waals surface area contributed by atoms with Crippen molar-refractivity contribution in [3.05, 3.63) is 0 Å². The van der Waals surface area contributed by atoms with E-state index >= 15 is 0 Å². The van der Waals surface area contributed by atoms with Crippen molar-refractivity contribution in [1.82, 2.24) is 5.32 Å². The van der Waals surface area contributed by atoms with Gasteiger partial charge in [-0.3, -0.25) is 0 Å². The van der Waals surface area contributed by atoms with Gasteiger partial charge in [-0.25, -0.2) is 0 Å². The molecule has 60 valence electrons. The zero-order valence-electron chi connectivity index (χ0n) is 5.46. The summed E-state index contributed by atoms with van der Waals surface area (Å²) in [6.07, 6.45) is 0. The molecule has 0 heterocycles. The molecule has 0 aliphatic heterocycles. The van der Waals surface area contributed by atoms with Crippen molar-refractivity contribution in [3.63, 3.8) is 0 Å². The van der Waals surface area contributed by atoms with Crippen LogP contribution in [0.1, 0.15) is 0 Å². The van der Waals surface area contributed by atoms with Crippen molar-refractivity contribution in [2.45, 2.75) is 0 Å². The van der Waals surface area contributed by atoms with Crippen molar-refractivity contribution >= 4 is 22.6 Å². The van der Waals surface area contributed by atoms with Crippen LogP contribution in [-0.2, 0) is 0 Å². The zero-order chi connectivity index (χ0) is 6.95. The van der Waals surface area contributed by atoms with Gasteiger partial charge in [-0.1, -0.05) is 0 Å². The molecule has 0 radical (unpaired) electrons. The Labute approximate surface area is 91.8 Å². The van der Waals surface area contributed by atoms with Gasteiger partial charge in [0, 0.05) is 0 Å². The molecule has 0 aliphatic carbocycles. The van der Waals surface area contributed by atoms with E-state index in [-0.39, 0.29) is 0 Å². The second-order valence-electron chi connectivity index (χ2n) is 1.38. The quantitative estimate of drug-likeness (QED) is 0.179. The van der Waals surface area contributed by atoms with Gasteiger partial charge in [-0.15, -0.1) is 0 Å². The van der Waals surface area contributed by atoms with Crippen LogP contribution in [0.2, 0.25) is 0 Å². The molecule has 1 nitrogen and oxygen atoms in total. The number of hydrogen-bond donors (Lipinski definition) is 1. The van der Waals surface area contributed by atoms with Gasteiger partial charge in [-0.05, 0) is 0 Å². The summed E-state index contributed by atoms with van der Waals surface area (Å²) in [6, 6.07) is 0. The Morgan fingerprint density at radius 3 is 2.89 bits per heavy atom. The molecule has 0 atom stereocenters. The molecule has 0 aromatic rings. The third kappa shape index (κ3) is 10.2. The summed E-state index contributed by atoms with van der Waals surface area (Å²) >= 11 is 3.51. The summed E-state index contributed by atoms with van der Waals surface area (Å²) in [6.45, 7) is 1.28. The Balaban J connectivity index is 2.60. The monoisotopic (exact) mass is 467 g/mol. The van der Waals surface area contributed by atoms with Crippen LogP contribution in [0.25, 0.3) is 0 Å². The van der Waals surface area contributed by atoms with Gasteiger partial charge < -0.3 is 0 Å². The normalized spacial score (nSPS) is 10.9. The predicted molar refractivity (Wildman–Crippen MR) is 42.5 cm³/mol. The predicted octanol–water partition coefficient (Wildman–Crippen LogP) is -5.27. The first kappa shape index (κ1) is 11.2. The van der Waals surface area contributed by atoms with E-state index in [1.807, 2.05) is 0 Å². The van der Waals surface area contributed by atoms with E-state index in [4.69, 9.17) is 0 Å². The fraction of sp³-hybridized carbons (Fsp3) is 1.00. The van der Waals surface area contributed by atoms with E-state index in [0.717, 1.165) is 0 Å². The summed E-state index contributed by atoms with van der Waals surface area (Å²) in [7, 11) is 0. The van der Waals surface area contributed by atoms with Crippen LogP contribution in [0.4, 0.5) is 0 Å². The van der Waals surface area contributed by atoms with Crippen LogP contribution in [0.15, 0.2) is 0 Å². The van der Waals surface area contributed by atoms with E-state index < -0.39 is 0 Å². The zero-order valence-corrected chi connectivity index (χ0v) is 11.9. The van der Waals surface area contributed by atoms with Crippen LogP contribution in [0.5, 0.6) is 0 Å². The molecule has 0 spiro atoms. The number of halogens is 3. The molecule has 4 heteroatoms. The fourth-order valence-corrected chi connectivity index (χ4v) is 4.25. The average Bonchev–Trinajstić information content (AvgIpc) is 1.89. The van der Waals surface area contributed by atoms with E-state index in [1.54, 1.807) is 0 Å². The molecule has 0 bridgehead atoms. The molecule has 0 saturated carbocycles. The standard InChI is InChI=1S/C5H12I3N/c1-7-5-9-3-2-8-4-6/h9H,2-5H2,1H3/q-2. The number of nitrogens with one attached hydrogen (secondary N) is 1. The van der Waals surface area contributed by atoms with Crippen LogP contribution in [0.3, 0.4) is 0 Å². The van der Waals surface area contributed by atoms with Crippen LogP contribution < -0.4 is 47.7 Å². The van der Waals surface area contributed by atoms with Crippen LogP contribution in [-0.4, -0.2) is 22.9 Å². The Kier molecular flexibility index (Phi) is 12.6. The second-order valence-corrected chi connectivity index (χ2v) is 10.3. The molecule has 0 aromatic heterocycles. The van der Waals surface area contributed by atoms with E-state index in [1.165, 1.54) is 18.0 Å². The maximum atomic E-state index is 3.44. The van der Waals surface area contributed by atoms with Gasteiger partial charge in [0.2, 0.25) is 0 Å². The first-order chi connectivity index (χ1) is 4.41. The van der Waals surface area contributed by atoms with Crippen molar-refractivity contribution in [2.75, 3.05) is 22.9 Å². The van der Waals surface area contributed by atoms with Gasteiger partial charge in [0.15, 0.2) is 0 Å². The Morgan fingerprint density at radius 2 is 2.33 bits per heavy atom. The minimum absolute atomic E-state index is 0.484. The third-order valence-electron chi connectivity index (χ3n) is 0.704. The molecule has 0 saturated heterocycles. The maximum absolute atomic E-state index is 3.44. The minimum atomic E-state index is 0.484. The molecular formula is C5H12I3N-2. The first-order valence-corrected chi connectivity index (χ1v) is 10.9. The Hall–Kier alpha value is 2.15. The molecule has 0 aliphatic rings. The van der Waals surface area contributed by atoms with Gasteiger partial charge in [0.1, 0.15) is 0 Å². The summed E-state index contributed by atoms with van der Waals surface area (Å²) in [5.74, 6) is 0. The molecule has 1 N–H and O–H groups in total. The van der Waals surface area contributed by atoms with Gasteiger partial charge in [0.05, 0.1) is 0 Å². The molecule has 0 aromatic carbocycles. The van der Waals surface area contributed by atoms with Gasteiger partial charge >= 0.3 is 93.2 Å². The molecule has 0 unspecified atom stereocenters. The van der Waals surface area contributed by atoms with Crippen molar-refractivity contribution in [1.29, 1.82) is 0 Å². The number of rotatable bonds is 6.